The number of hydrogen-bond acceptors (Lipinski definition) is 13. The van der Waals surface area contributed by atoms with Gasteiger partial charge in [-0.15, -0.1) is 0 Å². The second kappa shape index (κ2) is 13.1. The van der Waals surface area contributed by atoms with E-state index in [9.17, 15) is 28.5 Å². The number of anilines is 1. The van der Waals surface area contributed by atoms with Crippen molar-refractivity contribution in [3.63, 3.8) is 0 Å². The molecule has 2 unspecified atom stereocenters. The molecule has 16 heteroatoms. The highest BCUT2D eigenvalue weighted by molar-refractivity contribution is 7.85. The number of carbonyl (C=O) groups excluding carboxylic acids is 1. The molecule has 3 heterocycles. The Morgan fingerprint density at radius 2 is 1.79 bits per heavy atom. The highest BCUT2D eigenvalue weighted by atomic mass is 32.2. The maximum absolute atomic E-state index is 12.1. The highest BCUT2D eigenvalue weighted by Crippen LogP contribution is 2.32. The van der Waals surface area contributed by atoms with Gasteiger partial charge in [0.25, 0.3) is 5.91 Å². The third-order valence-corrected chi connectivity index (χ3v) is 6.98. The van der Waals surface area contributed by atoms with Crippen molar-refractivity contribution < 1.29 is 37.5 Å². The second-order valence-electron chi connectivity index (χ2n) is 8.44. The average Bonchev–Trinajstić information content (AvgIpc) is 3.46. The zero-order chi connectivity index (χ0) is 28.7. The first-order valence-corrected chi connectivity index (χ1v) is 13.6. The number of rotatable bonds is 9. The molecule has 3 aromatic rings. The summed E-state index contributed by atoms with van der Waals surface area (Å²) in [5.41, 5.74) is 5.94. The fourth-order valence-corrected chi connectivity index (χ4v) is 4.55. The number of aliphatic hydroxyl groups is 2. The lowest BCUT2D eigenvalue weighted by molar-refractivity contribution is -0.0468. The van der Waals surface area contributed by atoms with E-state index in [1.165, 1.54) is 61.1 Å². The Morgan fingerprint density at radius 3 is 2.41 bits per heavy atom. The third-order valence-electron chi connectivity index (χ3n) is 6.09. The molecule has 2 aromatic heterocycles. The van der Waals surface area contributed by atoms with E-state index in [-0.39, 0.29) is 22.5 Å². The smallest absolute Gasteiger partial charge is 0.362 e. The van der Waals surface area contributed by atoms with Crippen molar-refractivity contribution in [2.45, 2.75) is 45.3 Å². The van der Waals surface area contributed by atoms with Gasteiger partial charge < -0.3 is 30.7 Å². The number of benzene rings is 1. The van der Waals surface area contributed by atoms with Crippen LogP contribution in [-0.4, -0.2) is 98.6 Å². The molecule has 0 saturated carbocycles. The van der Waals surface area contributed by atoms with Gasteiger partial charge >= 0.3 is 10.3 Å². The van der Waals surface area contributed by atoms with Crippen molar-refractivity contribution >= 4 is 33.2 Å². The number of aromatic hydroxyl groups is 1. The molecule has 214 valence electrons. The zero-order valence-electron chi connectivity index (χ0n) is 21.7. The minimum Gasteiger partial charge on any atom is -0.507 e. The minimum absolute atomic E-state index is 0.105. The van der Waals surface area contributed by atoms with Crippen LogP contribution in [0.25, 0.3) is 11.2 Å². The Labute approximate surface area is 225 Å². The molecule has 0 radical (unpaired) electrons. The molecule has 1 fully saturated rings. The van der Waals surface area contributed by atoms with Gasteiger partial charge in [-0.2, -0.15) is 8.42 Å². The molecular formula is C23H33N7O8S. The molecule has 1 aromatic carbocycles. The SMILES string of the molecule is CCN(CC)CC.Nc1ncnc2c1ncn2[C@@H]1O[C@H](COS(=O)(=O)NC(=O)c2ccccc2O)C(O)C1O. The Balaban J connectivity index is 0.000000532. The summed E-state index contributed by atoms with van der Waals surface area (Å²) in [4.78, 5) is 26.3. The number of nitrogens with zero attached hydrogens (tertiary/aromatic N) is 5. The molecule has 15 nitrogen and oxygen atoms in total. The van der Waals surface area contributed by atoms with Crippen molar-refractivity contribution in [3.8, 4) is 5.75 Å². The van der Waals surface area contributed by atoms with E-state index in [1.807, 2.05) is 0 Å². The van der Waals surface area contributed by atoms with E-state index in [4.69, 9.17) is 14.7 Å². The lowest BCUT2D eigenvalue weighted by Gasteiger charge is -2.16. The number of hydrogen-bond donors (Lipinski definition) is 5. The summed E-state index contributed by atoms with van der Waals surface area (Å²) >= 11 is 0. The van der Waals surface area contributed by atoms with Gasteiger partial charge in [-0.05, 0) is 31.8 Å². The van der Waals surface area contributed by atoms with Crippen LogP contribution in [0.2, 0.25) is 0 Å². The number of para-hydroxylation sites is 1. The van der Waals surface area contributed by atoms with E-state index >= 15 is 0 Å². The topological polar surface area (TPSA) is 215 Å². The van der Waals surface area contributed by atoms with Crippen LogP contribution in [-0.2, 0) is 19.2 Å². The van der Waals surface area contributed by atoms with Gasteiger partial charge in [0, 0.05) is 0 Å². The number of imidazole rings is 1. The molecular weight excluding hydrogens is 534 g/mol. The molecule has 0 spiro atoms. The van der Waals surface area contributed by atoms with Crippen molar-refractivity contribution in [1.29, 1.82) is 0 Å². The zero-order valence-corrected chi connectivity index (χ0v) is 22.5. The summed E-state index contributed by atoms with van der Waals surface area (Å²) < 4.78 is 37.5. The minimum atomic E-state index is -4.63. The van der Waals surface area contributed by atoms with Gasteiger partial charge in [-0.3, -0.25) is 13.5 Å². The number of amides is 1. The summed E-state index contributed by atoms with van der Waals surface area (Å²) in [5.74, 6) is -1.43. The van der Waals surface area contributed by atoms with Crippen LogP contribution >= 0.6 is 0 Å². The maximum Gasteiger partial charge on any atom is 0.362 e. The van der Waals surface area contributed by atoms with Crippen LogP contribution in [0.3, 0.4) is 0 Å². The number of ether oxygens (including phenoxy) is 1. The van der Waals surface area contributed by atoms with E-state index in [0.29, 0.717) is 0 Å². The summed E-state index contributed by atoms with van der Waals surface area (Å²) in [7, 11) is -4.63. The molecule has 0 bridgehead atoms. The first-order valence-electron chi connectivity index (χ1n) is 12.2. The normalized spacial score (nSPS) is 21.1. The summed E-state index contributed by atoms with van der Waals surface area (Å²) in [5, 5.41) is 30.3. The molecule has 1 amide bonds. The largest absolute Gasteiger partial charge is 0.507 e. The summed E-state index contributed by atoms with van der Waals surface area (Å²) in [6.45, 7) is 9.40. The van der Waals surface area contributed by atoms with Gasteiger partial charge in [-0.25, -0.2) is 19.7 Å². The molecule has 4 atom stereocenters. The van der Waals surface area contributed by atoms with Crippen molar-refractivity contribution in [2.75, 3.05) is 32.0 Å². The van der Waals surface area contributed by atoms with Crippen LogP contribution in [0.1, 0.15) is 37.4 Å². The molecule has 1 aliphatic rings. The number of nitrogens with one attached hydrogen (secondary N) is 1. The quantitative estimate of drug-likeness (QED) is 0.226. The number of nitrogen functional groups attached to an aromatic ring is 1. The van der Waals surface area contributed by atoms with E-state index in [0.717, 1.165) is 0 Å². The van der Waals surface area contributed by atoms with Crippen LogP contribution in [0.5, 0.6) is 5.75 Å². The summed E-state index contributed by atoms with van der Waals surface area (Å²) in [6.07, 6.45) is -2.98. The molecule has 6 N–H and O–H groups in total. The van der Waals surface area contributed by atoms with Gasteiger partial charge in [0.1, 0.15) is 35.9 Å². The molecule has 39 heavy (non-hydrogen) atoms. The predicted molar refractivity (Wildman–Crippen MR) is 140 cm³/mol. The van der Waals surface area contributed by atoms with Gasteiger partial charge in [0.2, 0.25) is 0 Å². The maximum atomic E-state index is 12.1. The van der Waals surface area contributed by atoms with Crippen LogP contribution < -0.4 is 10.5 Å². The standard InChI is InChI=1S/C17H18N6O8S.C6H15N/c18-14-11-15(20-6-19-14)23(7-21-11)17-13(26)12(25)10(31-17)5-30-32(28,29)22-16(27)8-3-1-2-4-9(8)24;1-4-7(5-2)6-3/h1-4,6-7,10,12-13,17,24-26H,5H2,(H,22,27)(H2,18,19,20);4-6H2,1-3H3/t10-,12?,13?,17-;/m1./s1. The molecule has 1 aliphatic heterocycles. The van der Waals surface area contributed by atoms with Gasteiger partial charge in [0.15, 0.2) is 17.7 Å². The molecule has 1 saturated heterocycles. The number of aromatic nitrogens is 4. The van der Waals surface area contributed by atoms with Crippen molar-refractivity contribution in [2.24, 2.45) is 0 Å². The monoisotopic (exact) mass is 567 g/mol. The fraction of sp³-hybridized carbons (Fsp3) is 0.478. The number of nitrogens with two attached hydrogens (primary N) is 1. The van der Waals surface area contributed by atoms with Crippen LogP contribution in [0.4, 0.5) is 5.82 Å². The first-order chi connectivity index (χ1) is 18.5. The number of phenolic OH excluding ortho intramolecular Hbond substituents is 1. The Morgan fingerprint density at radius 1 is 1.13 bits per heavy atom. The highest BCUT2D eigenvalue weighted by Gasteiger charge is 2.45. The lowest BCUT2D eigenvalue weighted by Crippen LogP contribution is -2.37. The Kier molecular flexibility index (Phi) is 10.1. The second-order valence-corrected chi connectivity index (χ2v) is 9.78. The van der Waals surface area contributed by atoms with Crippen molar-refractivity contribution in [3.05, 3.63) is 42.5 Å². The van der Waals surface area contributed by atoms with Crippen LogP contribution in [0, 0.1) is 0 Å². The fourth-order valence-electron chi connectivity index (χ4n) is 3.84. The average molecular weight is 568 g/mol. The number of aliphatic hydroxyl groups excluding tert-OH is 2. The number of fused-ring (bicyclic) bond motifs is 1. The number of carbonyl (C=O) groups is 1. The molecule has 4 rings (SSSR count). The third kappa shape index (κ3) is 7.17. The van der Waals surface area contributed by atoms with E-state index in [2.05, 4.69) is 40.6 Å². The van der Waals surface area contributed by atoms with Gasteiger partial charge in [-0.1, -0.05) is 32.9 Å². The van der Waals surface area contributed by atoms with E-state index < -0.39 is 53.1 Å². The van der Waals surface area contributed by atoms with Crippen LogP contribution in [0.15, 0.2) is 36.9 Å². The Hall–Kier alpha value is -3.41. The first kappa shape index (κ1) is 30.1. The van der Waals surface area contributed by atoms with Crippen molar-refractivity contribution in [1.82, 2.24) is 29.1 Å². The lowest BCUT2D eigenvalue weighted by atomic mass is 10.1. The number of phenols is 1. The Bertz CT molecular complexity index is 1360. The van der Waals surface area contributed by atoms with Gasteiger partial charge in [0.05, 0.1) is 18.5 Å². The molecule has 0 aliphatic carbocycles. The van der Waals surface area contributed by atoms with E-state index in [1.54, 1.807) is 4.72 Å². The summed E-state index contributed by atoms with van der Waals surface area (Å²) in [6, 6.07) is 5.33. The predicted octanol–water partition coefficient (Wildman–Crippen LogP) is -0.227.